The number of amides is 1. The number of likely N-dealkylation sites (tertiary alicyclic amines) is 1. The van der Waals surface area contributed by atoms with Gasteiger partial charge in [0.05, 0.1) is 0 Å². The summed E-state index contributed by atoms with van der Waals surface area (Å²) in [5.41, 5.74) is 8.44. The van der Waals surface area contributed by atoms with Crippen molar-refractivity contribution in [1.29, 1.82) is 0 Å². The van der Waals surface area contributed by atoms with Gasteiger partial charge in [-0.3, -0.25) is 0 Å². The lowest BCUT2D eigenvalue weighted by atomic mass is 9.95. The predicted octanol–water partition coefficient (Wildman–Crippen LogP) is 2.65. The summed E-state index contributed by atoms with van der Waals surface area (Å²) in [6.07, 6.45) is -0.225. The number of carbonyl (C=O) groups excluding carboxylic acids is 1. The third-order valence-electron chi connectivity index (χ3n) is 4.23. The number of carbonyl (C=O) groups is 1. The van der Waals surface area contributed by atoms with Crippen LogP contribution in [0.15, 0.2) is 24.3 Å². The normalized spacial score (nSPS) is 28.2. The number of rotatable bonds is 0. The molecule has 1 saturated heterocycles. The van der Waals surface area contributed by atoms with E-state index in [1.807, 2.05) is 32.9 Å². The quantitative estimate of drug-likeness (QED) is 0.791. The van der Waals surface area contributed by atoms with Crippen LogP contribution in [0.4, 0.5) is 4.79 Å². The first-order chi connectivity index (χ1) is 9.37. The Bertz CT molecular complexity index is 536. The average molecular weight is 274 g/mol. The molecular formula is C16H22N2O2. The van der Waals surface area contributed by atoms with E-state index in [0.29, 0.717) is 24.9 Å². The molecular weight excluding hydrogens is 252 g/mol. The fraction of sp³-hybridized carbons (Fsp3) is 0.562. The molecule has 1 aliphatic heterocycles. The highest BCUT2D eigenvalue weighted by Crippen LogP contribution is 2.48. The Hall–Kier alpha value is -1.55. The number of nitrogens with two attached hydrogens (primary N) is 1. The van der Waals surface area contributed by atoms with Gasteiger partial charge in [0.25, 0.3) is 0 Å². The summed E-state index contributed by atoms with van der Waals surface area (Å²) < 4.78 is 5.46. The Morgan fingerprint density at radius 1 is 1.25 bits per heavy atom. The molecule has 1 fully saturated rings. The van der Waals surface area contributed by atoms with E-state index < -0.39 is 5.60 Å². The van der Waals surface area contributed by atoms with Crippen molar-refractivity contribution in [3.05, 3.63) is 35.4 Å². The van der Waals surface area contributed by atoms with Gasteiger partial charge in [0, 0.05) is 31.0 Å². The van der Waals surface area contributed by atoms with Crippen LogP contribution in [-0.2, 0) is 4.74 Å². The zero-order valence-corrected chi connectivity index (χ0v) is 12.3. The second kappa shape index (κ2) is 4.48. The van der Waals surface area contributed by atoms with E-state index in [4.69, 9.17) is 10.5 Å². The molecule has 1 amide bonds. The number of hydrogen-bond donors (Lipinski definition) is 1. The molecule has 3 rings (SSSR count). The molecule has 1 aromatic carbocycles. The maximum absolute atomic E-state index is 12.2. The molecule has 1 aromatic rings. The second-order valence-electron chi connectivity index (χ2n) is 6.81. The van der Waals surface area contributed by atoms with E-state index in [1.54, 1.807) is 4.90 Å². The molecule has 1 heterocycles. The zero-order valence-electron chi connectivity index (χ0n) is 12.3. The SMILES string of the molecule is CC(C)(C)OC(=O)N1C[C@@H]2c3ccccc3C(N)[C@@H]2C1. The number of benzene rings is 1. The van der Waals surface area contributed by atoms with Crippen LogP contribution in [0.1, 0.15) is 43.9 Å². The summed E-state index contributed by atoms with van der Waals surface area (Å²) in [5.74, 6) is 0.675. The predicted molar refractivity (Wildman–Crippen MR) is 77.4 cm³/mol. The van der Waals surface area contributed by atoms with Crippen molar-refractivity contribution in [2.75, 3.05) is 13.1 Å². The van der Waals surface area contributed by atoms with Crippen molar-refractivity contribution in [3.8, 4) is 0 Å². The summed E-state index contributed by atoms with van der Waals surface area (Å²) in [4.78, 5) is 14.0. The first kappa shape index (κ1) is 13.4. The second-order valence-corrected chi connectivity index (χ2v) is 6.81. The highest BCUT2D eigenvalue weighted by Gasteiger charge is 2.46. The van der Waals surface area contributed by atoms with Gasteiger partial charge < -0.3 is 15.4 Å². The van der Waals surface area contributed by atoms with Crippen LogP contribution in [0.2, 0.25) is 0 Å². The topological polar surface area (TPSA) is 55.6 Å². The Kier molecular flexibility index (Phi) is 3.01. The highest BCUT2D eigenvalue weighted by atomic mass is 16.6. The van der Waals surface area contributed by atoms with Crippen molar-refractivity contribution < 1.29 is 9.53 Å². The van der Waals surface area contributed by atoms with Crippen molar-refractivity contribution in [2.45, 2.75) is 38.3 Å². The first-order valence-electron chi connectivity index (χ1n) is 7.19. The first-order valence-corrected chi connectivity index (χ1v) is 7.19. The van der Waals surface area contributed by atoms with Gasteiger partial charge in [-0.15, -0.1) is 0 Å². The van der Waals surface area contributed by atoms with E-state index in [0.717, 1.165) is 0 Å². The van der Waals surface area contributed by atoms with Gasteiger partial charge in [-0.2, -0.15) is 0 Å². The van der Waals surface area contributed by atoms with E-state index in [9.17, 15) is 4.79 Å². The van der Waals surface area contributed by atoms with Gasteiger partial charge in [-0.1, -0.05) is 24.3 Å². The average Bonchev–Trinajstić information content (AvgIpc) is 2.89. The smallest absolute Gasteiger partial charge is 0.410 e. The molecule has 20 heavy (non-hydrogen) atoms. The van der Waals surface area contributed by atoms with Crippen LogP contribution >= 0.6 is 0 Å². The van der Waals surface area contributed by atoms with E-state index in [1.165, 1.54) is 11.1 Å². The number of hydrogen-bond acceptors (Lipinski definition) is 3. The minimum Gasteiger partial charge on any atom is -0.444 e. The van der Waals surface area contributed by atoms with Crippen molar-refractivity contribution in [1.82, 2.24) is 4.90 Å². The van der Waals surface area contributed by atoms with Crippen LogP contribution in [-0.4, -0.2) is 29.7 Å². The molecule has 2 aliphatic rings. The Labute approximate surface area is 119 Å². The van der Waals surface area contributed by atoms with Gasteiger partial charge in [0.2, 0.25) is 0 Å². The van der Waals surface area contributed by atoms with Gasteiger partial charge >= 0.3 is 6.09 Å². The highest BCUT2D eigenvalue weighted by molar-refractivity contribution is 5.69. The number of nitrogens with zero attached hydrogens (tertiary/aromatic N) is 1. The molecule has 1 unspecified atom stereocenters. The molecule has 4 heteroatoms. The standard InChI is InChI=1S/C16H22N2O2/c1-16(2,3)20-15(19)18-8-12-10-6-4-5-7-11(10)14(17)13(12)9-18/h4-7,12-14H,8-9,17H2,1-3H3/t12-,13-,14?/m1/s1. The third-order valence-corrected chi connectivity index (χ3v) is 4.23. The molecule has 2 N–H and O–H groups in total. The molecule has 0 aromatic heterocycles. The van der Waals surface area contributed by atoms with Crippen molar-refractivity contribution in [2.24, 2.45) is 11.7 Å². The number of ether oxygens (including phenoxy) is 1. The molecule has 108 valence electrons. The van der Waals surface area contributed by atoms with Crippen LogP contribution in [0.25, 0.3) is 0 Å². The van der Waals surface area contributed by atoms with E-state index in [2.05, 4.69) is 12.1 Å². The maximum atomic E-state index is 12.2. The van der Waals surface area contributed by atoms with Gasteiger partial charge in [0.1, 0.15) is 5.60 Å². The molecule has 3 atom stereocenters. The summed E-state index contributed by atoms with van der Waals surface area (Å²) in [7, 11) is 0. The van der Waals surface area contributed by atoms with Crippen LogP contribution in [0.3, 0.4) is 0 Å². The van der Waals surface area contributed by atoms with Crippen molar-refractivity contribution >= 4 is 6.09 Å². The largest absolute Gasteiger partial charge is 0.444 e. The minimum atomic E-state index is -0.450. The minimum absolute atomic E-state index is 0.0311. The fourth-order valence-electron chi connectivity index (χ4n) is 3.38. The fourth-order valence-corrected chi connectivity index (χ4v) is 3.38. The summed E-state index contributed by atoms with van der Waals surface area (Å²) >= 11 is 0. The molecule has 0 spiro atoms. The van der Waals surface area contributed by atoms with Crippen LogP contribution in [0, 0.1) is 5.92 Å². The van der Waals surface area contributed by atoms with E-state index >= 15 is 0 Å². The molecule has 4 nitrogen and oxygen atoms in total. The van der Waals surface area contributed by atoms with E-state index in [-0.39, 0.29) is 12.1 Å². The van der Waals surface area contributed by atoms with Crippen LogP contribution < -0.4 is 5.73 Å². The zero-order chi connectivity index (χ0) is 14.5. The van der Waals surface area contributed by atoms with Gasteiger partial charge in [-0.05, 0) is 31.9 Å². The molecule has 0 saturated carbocycles. The Morgan fingerprint density at radius 3 is 2.55 bits per heavy atom. The lowest BCUT2D eigenvalue weighted by molar-refractivity contribution is 0.0284. The third kappa shape index (κ3) is 2.18. The lowest BCUT2D eigenvalue weighted by Crippen LogP contribution is -2.36. The maximum Gasteiger partial charge on any atom is 0.410 e. The molecule has 0 radical (unpaired) electrons. The summed E-state index contributed by atoms with van der Waals surface area (Å²) in [6, 6.07) is 8.35. The van der Waals surface area contributed by atoms with Crippen molar-refractivity contribution in [3.63, 3.8) is 0 Å². The number of fused-ring (bicyclic) bond motifs is 3. The summed E-state index contributed by atoms with van der Waals surface area (Å²) in [6.45, 7) is 7.08. The van der Waals surface area contributed by atoms with Crippen LogP contribution in [0.5, 0.6) is 0 Å². The van der Waals surface area contributed by atoms with Gasteiger partial charge in [0.15, 0.2) is 0 Å². The van der Waals surface area contributed by atoms with Gasteiger partial charge in [-0.25, -0.2) is 4.79 Å². The Balaban J connectivity index is 1.77. The molecule has 0 bridgehead atoms. The molecule has 1 aliphatic carbocycles. The summed E-state index contributed by atoms with van der Waals surface area (Å²) in [5, 5.41) is 0. The monoisotopic (exact) mass is 274 g/mol. The lowest BCUT2D eigenvalue weighted by Gasteiger charge is -2.25. The Morgan fingerprint density at radius 2 is 1.90 bits per heavy atom.